The first-order valence-electron chi connectivity index (χ1n) is 22.4. The summed E-state index contributed by atoms with van der Waals surface area (Å²) in [6, 6.07) is 0. The summed E-state index contributed by atoms with van der Waals surface area (Å²) in [5.74, 6) is 158. The van der Waals surface area contributed by atoms with E-state index in [-0.39, 0.29) is 33.9 Å². The van der Waals surface area contributed by atoms with Crippen LogP contribution in [0.3, 0.4) is 0 Å². The van der Waals surface area contributed by atoms with E-state index in [0.29, 0.717) is 0 Å². The van der Waals surface area contributed by atoms with Gasteiger partial charge in [0.05, 0.1) is 0 Å². The summed E-state index contributed by atoms with van der Waals surface area (Å²) in [6.07, 6.45) is 51.0. The molecular weight excluding hydrogens is 1110 g/mol. The third kappa shape index (κ3) is 261. The summed E-state index contributed by atoms with van der Waals surface area (Å²) in [7, 11) is 0. The molecule has 4 heteroatoms. The summed E-state index contributed by atoms with van der Waals surface area (Å²) >= 11 is 0. The zero-order valence-corrected chi connectivity index (χ0v) is 52.5. The maximum Gasteiger partial charge on any atom is 1.00 e. The predicted molar refractivity (Wildman–Crippen MR) is 386 cm³/mol. The van der Waals surface area contributed by atoms with Crippen molar-refractivity contribution < 1.29 is 20.3 Å². The first-order valence-corrected chi connectivity index (χ1v) is 22.4. The Morgan fingerprint density at radius 3 is 0.315 bits per heavy atom. The Morgan fingerprint density at radius 1 is 0.163 bits per heavy atom. The summed E-state index contributed by atoms with van der Waals surface area (Å²) in [5.41, 5.74) is 0. The van der Waals surface area contributed by atoms with Gasteiger partial charge in [-0.2, -0.15) is 0 Å². The number of nitrogens with zero attached hydrogens (tertiary/aromatic N) is 2. The van der Waals surface area contributed by atoms with Gasteiger partial charge in [0.2, 0.25) is 0 Å². The predicted octanol–water partition coefficient (Wildman–Crippen LogP) is 5.07. The van der Waals surface area contributed by atoms with Gasteiger partial charge in [0, 0.05) is 10.8 Å². The van der Waals surface area contributed by atoms with Crippen LogP contribution in [0, 0.1) is 466 Å². The molecule has 0 radical (unpaired) electrons. The minimum atomic E-state index is 0. The second-order valence-corrected chi connectivity index (χ2v) is 9.67. The average molecular weight is 1160 g/mol. The van der Waals surface area contributed by atoms with Crippen molar-refractivity contribution in [3.05, 3.63) is 0 Å². The smallest absolute Gasteiger partial charge is 1.00 e. The van der Waals surface area contributed by atoms with Gasteiger partial charge in [-0.3, -0.25) is 0 Å². The maximum absolute atomic E-state index is 6.00. The Hall–Kier alpha value is -16.7. The fraction of sp³-hybridized carbons (Fsp3) is 0.136. The molecule has 3 nitrogen and oxygen atoms in total. The van der Waals surface area contributed by atoms with Crippen LogP contribution in [0.5, 0.6) is 0 Å². The molecule has 0 aliphatic rings. The minimum absolute atomic E-state index is 0. The maximum atomic E-state index is 6.00. The van der Waals surface area contributed by atoms with Crippen LogP contribution in [0.1, 0.15) is 85.0 Å². The number of terminal acetylenes is 10. The first kappa shape index (κ1) is 114. The molecule has 0 aromatic rings. The fourth-order valence-corrected chi connectivity index (χ4v) is 1.74. The zero-order valence-electron chi connectivity index (χ0n) is 53.5. The van der Waals surface area contributed by atoms with Crippen molar-refractivity contribution >= 4 is 0 Å². The van der Waals surface area contributed by atoms with Gasteiger partial charge in [0.25, 0.3) is 0 Å². The minimum Gasteiger partial charge on any atom is -1.00 e. The summed E-state index contributed by atoms with van der Waals surface area (Å²) in [4.78, 5) is 0. The standard InChI is InChI=1S/C13H4.C12H6.C11H4.C10H2.C9H4.C8H6.C7H4.C6H2.C5H4.C4H6.C2H2.CH4.Li.N2.H3N.H/c1-3-5-7-9-11-13-12-10-8-6-4-2;1-3-5-7-9-11-12-10-8-6-4-2;1-3-5-7-9-11-10-8-6-4-2;1-3-5-7-9-10-8-6-4-2;1-3-5-7-9-8-6-4-2;1-3-5-7-8-6-4-2;1-3-5-7-6-4-2;1-3-5-6-4-2;1-3-5-4-2;1-3-4-2;1-2;;;1-2;;/h1H,2H3;1-2H3;1H,2H3;1-2H;1H,2H3;1-2H3;1H,2H3;1-2H;1H,2H3;1-2H3;1-2H;1H4;;;1H3;/q;;;;;;;;;;;;+1;;;-1. The molecule has 0 amide bonds. The molecule has 0 bridgehead atoms. The molecule has 0 atom stereocenters. The topological polar surface area (TPSA) is 82.6 Å². The quantitative estimate of drug-likeness (QED) is 0.209. The van der Waals surface area contributed by atoms with Crippen LogP contribution < -0.4 is 25.0 Å². The molecule has 0 unspecified atom stereocenters. The van der Waals surface area contributed by atoms with Crippen molar-refractivity contribution in [2.75, 3.05) is 0 Å². The van der Waals surface area contributed by atoms with Crippen LogP contribution in [-0.2, 0) is 0 Å². The summed E-state index contributed by atoms with van der Waals surface area (Å²) < 4.78 is 0. The summed E-state index contributed by atoms with van der Waals surface area (Å²) in [5, 5.41) is 12.0. The molecule has 0 heterocycles. The molecule has 420 valence electrons. The molecule has 0 aliphatic carbocycles. The Morgan fingerprint density at radius 2 is 0.239 bits per heavy atom. The van der Waals surface area contributed by atoms with Crippen molar-refractivity contribution in [1.29, 1.82) is 10.8 Å². The van der Waals surface area contributed by atoms with Gasteiger partial charge in [-0.1, -0.05) is 60.7 Å². The zero-order chi connectivity index (χ0) is 70.0. The van der Waals surface area contributed by atoms with E-state index in [0.717, 1.165) is 0 Å². The Labute approximate surface area is 572 Å². The monoisotopic (exact) mass is 1160 g/mol. The van der Waals surface area contributed by atoms with Crippen molar-refractivity contribution in [1.82, 2.24) is 6.15 Å². The molecule has 0 fully saturated rings. The summed E-state index contributed by atoms with van der Waals surface area (Å²) in [6.45, 7) is 19.1. The van der Waals surface area contributed by atoms with Crippen LogP contribution in [0.15, 0.2) is 0 Å². The van der Waals surface area contributed by atoms with E-state index in [9.17, 15) is 0 Å². The molecule has 0 aliphatic heterocycles. The van der Waals surface area contributed by atoms with Gasteiger partial charge in [-0.25, -0.2) is 0 Å². The molecule has 0 aromatic heterocycles. The van der Waals surface area contributed by atoms with Gasteiger partial charge in [0.15, 0.2) is 0 Å². The number of rotatable bonds is 0. The largest absolute Gasteiger partial charge is 1.00 e. The normalized spacial score (nSPS) is 3.33. The Balaban J connectivity index is -0.0000000507. The fourth-order valence-electron chi connectivity index (χ4n) is 1.74. The van der Waals surface area contributed by atoms with E-state index in [1.54, 1.807) is 62.3 Å². The number of hydrogen-bond donors (Lipinski definition) is 1. The van der Waals surface area contributed by atoms with Crippen LogP contribution in [0.25, 0.3) is 0 Å². The molecule has 0 saturated carbocycles. The van der Waals surface area contributed by atoms with E-state index in [4.69, 9.17) is 68.6 Å². The van der Waals surface area contributed by atoms with Crippen molar-refractivity contribution in [2.45, 2.75) is 83.6 Å². The molecule has 0 aromatic carbocycles. The third-order valence-electron chi connectivity index (χ3n) is 4.27. The van der Waals surface area contributed by atoms with Gasteiger partial charge >= 0.3 is 18.9 Å². The molecular formula is C88H52LiN3. The molecule has 0 saturated heterocycles. The van der Waals surface area contributed by atoms with E-state index in [2.05, 4.69) is 398 Å². The van der Waals surface area contributed by atoms with E-state index >= 15 is 0 Å². The van der Waals surface area contributed by atoms with Gasteiger partial charge in [-0.05, 0) is 396 Å². The number of hydrogen-bond acceptors (Lipinski definition) is 3. The van der Waals surface area contributed by atoms with E-state index in [1.807, 2.05) is 13.8 Å². The second-order valence-electron chi connectivity index (χ2n) is 9.67. The van der Waals surface area contributed by atoms with Crippen molar-refractivity contribution in [2.24, 2.45) is 0 Å². The van der Waals surface area contributed by atoms with E-state index in [1.165, 1.54) is 0 Å². The molecule has 92 heavy (non-hydrogen) atoms. The molecule has 3 N–H and O–H groups in total. The van der Waals surface area contributed by atoms with Crippen LogP contribution in [0.4, 0.5) is 0 Å². The Kier molecular flexibility index (Phi) is 213. The van der Waals surface area contributed by atoms with Crippen LogP contribution in [0.2, 0.25) is 0 Å². The molecule has 0 spiro atoms. The SMILES string of the molecule is C.C#C.C#CC#CC.C#CC#CC#C.C#CC#CC#CC.C#CC#CC#CC#CC.C#CC#CC#CC#CC#C.C#CC#CC#CC#CC#CC.C#CC#CC#CC#CC#CC#CC.CC#CC.CC#CC#CC#CC.CC#CC#CC#CC#CC#CC.N.N#N.[H-].[Li+]. The Bertz CT molecular complexity index is 4580. The van der Waals surface area contributed by atoms with Gasteiger partial charge in [0.1, 0.15) is 0 Å². The van der Waals surface area contributed by atoms with Gasteiger partial charge in [-0.15, -0.1) is 82.5 Å². The van der Waals surface area contributed by atoms with Crippen molar-refractivity contribution in [3.8, 4) is 455 Å². The molecule has 0 rings (SSSR count). The van der Waals surface area contributed by atoms with Gasteiger partial charge < -0.3 is 7.58 Å². The van der Waals surface area contributed by atoms with Crippen LogP contribution in [-0.4, -0.2) is 0 Å². The van der Waals surface area contributed by atoms with E-state index < -0.39 is 0 Å². The third-order valence-corrected chi connectivity index (χ3v) is 4.27. The second kappa shape index (κ2) is 171. The first-order chi connectivity index (χ1) is 43.6. The van der Waals surface area contributed by atoms with Crippen LogP contribution >= 0.6 is 0 Å². The average Bonchev–Trinajstić information content (AvgIpc) is 3.57. The van der Waals surface area contributed by atoms with Crippen molar-refractivity contribution in [3.63, 3.8) is 0 Å².